The second kappa shape index (κ2) is 11.4. The van der Waals surface area contributed by atoms with E-state index in [1.54, 1.807) is 35.2 Å². The number of fused-ring (bicyclic) bond motifs is 2. The van der Waals surface area contributed by atoms with E-state index in [1.165, 1.54) is 12.1 Å². The number of aliphatic hydroxyl groups is 1. The number of anilines is 1. The molecule has 1 aliphatic heterocycles. The lowest BCUT2D eigenvalue weighted by Gasteiger charge is -2.31. The molecule has 7 rings (SSSR count). The molecule has 1 aromatic heterocycles. The molecule has 13 heteroatoms. The molecule has 10 nitrogen and oxygen atoms in total. The van der Waals surface area contributed by atoms with Gasteiger partial charge in [0, 0.05) is 34.3 Å². The molecule has 0 unspecified atom stereocenters. The van der Waals surface area contributed by atoms with E-state index >= 15 is 0 Å². The first-order valence-corrected chi connectivity index (χ1v) is 17.1. The van der Waals surface area contributed by atoms with Crippen LogP contribution in [0.2, 0.25) is 10.0 Å². The van der Waals surface area contributed by atoms with Gasteiger partial charge in [-0.2, -0.15) is 0 Å². The van der Waals surface area contributed by atoms with Gasteiger partial charge in [-0.05, 0) is 81.3 Å². The number of piperidine rings is 1. The average Bonchev–Trinajstić information content (AvgIpc) is 3.27. The number of nitrogens with zero attached hydrogens (tertiary/aromatic N) is 2. The Morgan fingerprint density at radius 2 is 1.80 bits per heavy atom. The Hall–Kier alpha value is -2.96. The van der Waals surface area contributed by atoms with Gasteiger partial charge in [-0.15, -0.1) is 0 Å². The molecule has 44 heavy (non-hydrogen) atoms. The van der Waals surface area contributed by atoms with E-state index in [2.05, 4.69) is 9.88 Å². The minimum atomic E-state index is -4.00. The molecule has 2 heterocycles. The standard InChI is InChI=1S/C31H31Cl2N3O7S/c32-22-3-1-4-23(33)27(22)28-21(29(43-34-28)16-7-8-16)15-42-25-14-19-13-20(25)31(39)36(19)18-11-9-17(10-12-18)30(38)35-44(40,41)26-6-2-5-24(26)37/h1,3-4,9-12,16,19-20,24-26,37H,2,5-8,13-15H2,(H,35,38)/t19-,20+,24+,25+,26+/m0/s1. The predicted octanol–water partition coefficient (Wildman–Crippen LogP) is 5.21. The lowest BCUT2D eigenvalue weighted by molar-refractivity contribution is -0.126. The Bertz CT molecular complexity index is 1700. The zero-order valence-corrected chi connectivity index (χ0v) is 25.9. The third kappa shape index (κ3) is 5.32. The molecule has 2 amide bonds. The second-order valence-electron chi connectivity index (χ2n) is 12.1. The third-order valence-corrected chi connectivity index (χ3v) is 11.7. The molecule has 4 aliphatic rings. The molecule has 2 bridgehead atoms. The van der Waals surface area contributed by atoms with Gasteiger partial charge in [0.25, 0.3) is 5.91 Å². The van der Waals surface area contributed by atoms with Crippen LogP contribution in [0, 0.1) is 5.92 Å². The van der Waals surface area contributed by atoms with Crippen LogP contribution in [0.4, 0.5) is 5.69 Å². The van der Waals surface area contributed by atoms with Gasteiger partial charge in [0.15, 0.2) is 0 Å². The second-order valence-corrected chi connectivity index (χ2v) is 14.8. The molecule has 1 saturated heterocycles. The number of aromatic nitrogens is 1. The molecule has 3 aliphatic carbocycles. The maximum absolute atomic E-state index is 13.5. The van der Waals surface area contributed by atoms with Crippen molar-refractivity contribution in [2.45, 2.75) is 81.0 Å². The van der Waals surface area contributed by atoms with Crippen LogP contribution in [0.25, 0.3) is 11.3 Å². The van der Waals surface area contributed by atoms with Crippen LogP contribution in [-0.2, 0) is 26.2 Å². The highest BCUT2D eigenvalue weighted by atomic mass is 35.5. The first kappa shape index (κ1) is 29.7. The van der Waals surface area contributed by atoms with Crippen molar-refractivity contribution in [1.82, 2.24) is 9.88 Å². The number of halogens is 2. The molecule has 0 spiro atoms. The number of sulfonamides is 1. The molecule has 2 N–H and O–H groups in total. The van der Waals surface area contributed by atoms with Crippen LogP contribution in [0.5, 0.6) is 0 Å². The quantitative estimate of drug-likeness (QED) is 0.319. The first-order valence-electron chi connectivity index (χ1n) is 14.8. The summed E-state index contributed by atoms with van der Waals surface area (Å²) in [6.45, 7) is 0.220. The number of rotatable bonds is 9. The van der Waals surface area contributed by atoms with Crippen LogP contribution in [0.1, 0.15) is 72.5 Å². The Labute approximate surface area is 264 Å². The van der Waals surface area contributed by atoms with E-state index in [1.807, 2.05) is 0 Å². The van der Waals surface area contributed by atoms with Gasteiger partial charge in [-0.1, -0.05) is 34.4 Å². The normalized spacial score (nSPS) is 26.5. The average molecular weight is 661 g/mol. The number of hydrogen-bond donors (Lipinski definition) is 2. The summed E-state index contributed by atoms with van der Waals surface area (Å²) in [4.78, 5) is 27.9. The fourth-order valence-electron chi connectivity index (χ4n) is 6.87. The number of carbonyl (C=O) groups excluding carboxylic acids is 2. The number of carbonyl (C=O) groups is 2. The number of benzene rings is 2. The van der Waals surface area contributed by atoms with E-state index in [-0.39, 0.29) is 42.1 Å². The van der Waals surface area contributed by atoms with Gasteiger partial charge in [-0.25, -0.2) is 13.1 Å². The molecule has 0 radical (unpaired) electrons. The molecule has 2 aromatic carbocycles. The Balaban J connectivity index is 1.02. The molecule has 4 fully saturated rings. The van der Waals surface area contributed by atoms with Gasteiger partial charge in [0.05, 0.1) is 34.8 Å². The van der Waals surface area contributed by atoms with Gasteiger partial charge < -0.3 is 19.3 Å². The predicted molar refractivity (Wildman–Crippen MR) is 163 cm³/mol. The van der Waals surface area contributed by atoms with Crippen molar-refractivity contribution in [1.29, 1.82) is 0 Å². The first-order chi connectivity index (χ1) is 21.1. The smallest absolute Gasteiger partial charge is 0.264 e. The van der Waals surface area contributed by atoms with E-state index in [0.29, 0.717) is 59.1 Å². The number of hydrogen-bond acceptors (Lipinski definition) is 8. The van der Waals surface area contributed by atoms with Crippen LogP contribution < -0.4 is 9.62 Å². The van der Waals surface area contributed by atoms with Gasteiger partial charge in [-0.3, -0.25) is 9.59 Å². The highest BCUT2D eigenvalue weighted by molar-refractivity contribution is 7.90. The molecular formula is C31H31Cl2N3O7S. The van der Waals surface area contributed by atoms with E-state index < -0.39 is 27.3 Å². The number of nitrogens with one attached hydrogen (secondary N) is 1. The molecule has 5 atom stereocenters. The highest BCUT2D eigenvalue weighted by Crippen LogP contribution is 2.47. The summed E-state index contributed by atoms with van der Waals surface area (Å²) in [6, 6.07) is 11.5. The SMILES string of the molecule is O=C(NS(=O)(=O)[C@@H]1CCC[C@H]1O)c1ccc(N2C(=O)[C@@H]3C[C@H]2C[C@H]3OCc2c(-c3c(Cl)cccc3Cl)noc2C2CC2)cc1. The maximum Gasteiger partial charge on any atom is 0.264 e. The van der Waals surface area contributed by atoms with Crippen LogP contribution in [0.3, 0.4) is 0 Å². The summed E-state index contributed by atoms with van der Waals surface area (Å²) in [5, 5.41) is 14.2. The summed E-state index contributed by atoms with van der Waals surface area (Å²) in [7, 11) is -4.00. The summed E-state index contributed by atoms with van der Waals surface area (Å²) in [5.74, 6) is -0.0720. The number of amides is 2. The van der Waals surface area contributed by atoms with Crippen molar-refractivity contribution in [3.05, 3.63) is 69.4 Å². The monoisotopic (exact) mass is 659 g/mol. The minimum Gasteiger partial charge on any atom is -0.392 e. The zero-order chi connectivity index (χ0) is 30.7. The summed E-state index contributed by atoms with van der Waals surface area (Å²) in [6.07, 6.45) is 3.36. The van der Waals surface area contributed by atoms with E-state index in [0.717, 1.165) is 24.2 Å². The minimum absolute atomic E-state index is 0.0524. The zero-order valence-electron chi connectivity index (χ0n) is 23.6. The largest absolute Gasteiger partial charge is 0.392 e. The van der Waals surface area contributed by atoms with Crippen molar-refractivity contribution in [2.24, 2.45) is 5.92 Å². The molecule has 3 saturated carbocycles. The van der Waals surface area contributed by atoms with Crippen molar-refractivity contribution < 1.29 is 32.4 Å². The Morgan fingerprint density at radius 3 is 2.43 bits per heavy atom. The van der Waals surface area contributed by atoms with E-state index in [9.17, 15) is 23.1 Å². The van der Waals surface area contributed by atoms with Gasteiger partial charge in [0.1, 0.15) is 16.7 Å². The summed E-state index contributed by atoms with van der Waals surface area (Å²) in [5.41, 5.74) is 2.77. The molecular weight excluding hydrogens is 629 g/mol. The third-order valence-electron chi connectivity index (χ3n) is 9.27. The van der Waals surface area contributed by atoms with Crippen LogP contribution in [0.15, 0.2) is 47.0 Å². The van der Waals surface area contributed by atoms with Gasteiger partial charge in [0.2, 0.25) is 15.9 Å². The maximum atomic E-state index is 13.5. The van der Waals surface area contributed by atoms with Crippen LogP contribution >= 0.6 is 23.2 Å². The van der Waals surface area contributed by atoms with Crippen molar-refractivity contribution in [3.8, 4) is 11.3 Å². The molecule has 232 valence electrons. The lowest BCUT2D eigenvalue weighted by Crippen LogP contribution is -2.43. The Kier molecular flexibility index (Phi) is 7.73. The van der Waals surface area contributed by atoms with Crippen LogP contribution in [-0.4, -0.2) is 54.0 Å². The van der Waals surface area contributed by atoms with Gasteiger partial charge >= 0.3 is 0 Å². The highest BCUT2D eigenvalue weighted by Gasteiger charge is 2.52. The fourth-order valence-corrected chi connectivity index (χ4v) is 9.00. The number of ether oxygens (including phenoxy) is 1. The topological polar surface area (TPSA) is 139 Å². The van der Waals surface area contributed by atoms with E-state index in [4.69, 9.17) is 32.5 Å². The number of aliphatic hydroxyl groups excluding tert-OH is 1. The fraction of sp³-hybridized carbons (Fsp3) is 0.452. The molecule has 3 aromatic rings. The van der Waals surface area contributed by atoms with Crippen molar-refractivity contribution in [3.63, 3.8) is 0 Å². The van der Waals surface area contributed by atoms with Crippen molar-refractivity contribution in [2.75, 3.05) is 4.90 Å². The Morgan fingerprint density at radius 1 is 1.07 bits per heavy atom. The summed E-state index contributed by atoms with van der Waals surface area (Å²) < 4.78 is 39.4. The lowest BCUT2D eigenvalue weighted by atomic mass is 10.0. The van der Waals surface area contributed by atoms with Crippen molar-refractivity contribution >= 4 is 50.7 Å². The summed E-state index contributed by atoms with van der Waals surface area (Å²) >= 11 is 13.0.